The van der Waals surface area contributed by atoms with E-state index in [1.165, 1.54) is 11.6 Å². The number of rotatable bonds is 6. The molecule has 0 bridgehead atoms. The molecule has 4 atom stereocenters. The van der Waals surface area contributed by atoms with Crippen LogP contribution in [-0.4, -0.2) is 17.8 Å². The molecule has 1 aromatic carbocycles. The van der Waals surface area contributed by atoms with Crippen LogP contribution < -0.4 is 10.4 Å². The molecule has 0 amide bonds. The van der Waals surface area contributed by atoms with E-state index < -0.39 is 0 Å². The maximum absolute atomic E-state index is 11.4. The van der Waals surface area contributed by atoms with E-state index in [-0.39, 0.29) is 17.6 Å². The van der Waals surface area contributed by atoms with Crippen LogP contribution in [0.3, 0.4) is 0 Å². The summed E-state index contributed by atoms with van der Waals surface area (Å²) in [5.74, 6) is 2.06. The Hall–Kier alpha value is -2.07. The van der Waals surface area contributed by atoms with Crippen molar-refractivity contribution in [3.05, 3.63) is 52.9 Å². The van der Waals surface area contributed by atoms with E-state index >= 15 is 0 Å². The summed E-state index contributed by atoms with van der Waals surface area (Å²) >= 11 is 0. The minimum atomic E-state index is -0.359. The zero-order chi connectivity index (χ0) is 18.7. The van der Waals surface area contributed by atoms with Crippen molar-refractivity contribution in [1.82, 2.24) is 0 Å². The zero-order valence-electron chi connectivity index (χ0n) is 15.6. The van der Waals surface area contributed by atoms with Crippen molar-refractivity contribution in [1.29, 1.82) is 0 Å². The standard InChI is InChI=1S/C22H28O4/c1-14-4-5-15(2)20(19(14)10-6-16(3)23)13-25-18-9-7-17-8-11-22(24)26-21(17)12-18/h7-9,11-12,14,16,19-20,23H,2,4-6,10,13H2,1,3H3. The highest BCUT2D eigenvalue weighted by atomic mass is 16.5. The minimum absolute atomic E-state index is 0.276. The molecule has 2 aromatic rings. The molecular weight excluding hydrogens is 328 g/mol. The molecule has 4 heteroatoms. The van der Waals surface area contributed by atoms with E-state index in [0.29, 0.717) is 29.8 Å². The molecule has 0 aliphatic heterocycles. The Labute approximate surface area is 154 Å². The molecule has 4 nitrogen and oxygen atoms in total. The smallest absolute Gasteiger partial charge is 0.336 e. The Morgan fingerprint density at radius 3 is 2.88 bits per heavy atom. The lowest BCUT2D eigenvalue weighted by Crippen LogP contribution is -2.33. The average Bonchev–Trinajstić information content (AvgIpc) is 2.60. The molecule has 26 heavy (non-hydrogen) atoms. The molecule has 140 valence electrons. The second-order valence-electron chi connectivity index (χ2n) is 7.64. The molecule has 1 N–H and O–H groups in total. The van der Waals surface area contributed by atoms with Crippen molar-refractivity contribution in [2.24, 2.45) is 17.8 Å². The fourth-order valence-corrected chi connectivity index (χ4v) is 3.99. The van der Waals surface area contributed by atoms with E-state index in [9.17, 15) is 9.90 Å². The number of hydrogen-bond acceptors (Lipinski definition) is 4. The quantitative estimate of drug-likeness (QED) is 0.609. The first-order valence-electron chi connectivity index (χ1n) is 9.46. The number of ether oxygens (including phenoxy) is 1. The van der Waals surface area contributed by atoms with Gasteiger partial charge in [-0.2, -0.15) is 0 Å². The van der Waals surface area contributed by atoms with Crippen LogP contribution >= 0.6 is 0 Å². The van der Waals surface area contributed by atoms with Crippen LogP contribution in [0.15, 0.2) is 51.7 Å². The van der Waals surface area contributed by atoms with Crippen LogP contribution in [0.25, 0.3) is 11.0 Å². The van der Waals surface area contributed by atoms with Gasteiger partial charge in [-0.25, -0.2) is 4.79 Å². The Morgan fingerprint density at radius 2 is 2.12 bits per heavy atom. The van der Waals surface area contributed by atoms with Gasteiger partial charge in [0.2, 0.25) is 0 Å². The molecule has 1 saturated carbocycles. The van der Waals surface area contributed by atoms with Crippen molar-refractivity contribution in [3.8, 4) is 5.75 Å². The lowest BCUT2D eigenvalue weighted by molar-refractivity contribution is 0.114. The summed E-state index contributed by atoms with van der Waals surface area (Å²) in [6.45, 7) is 8.98. The SMILES string of the molecule is C=C1CCC(C)C(CCC(C)O)C1COc1ccc2ccc(=O)oc2c1. The maximum atomic E-state index is 11.4. The van der Waals surface area contributed by atoms with Gasteiger partial charge in [-0.05, 0) is 62.6 Å². The van der Waals surface area contributed by atoms with Gasteiger partial charge >= 0.3 is 5.63 Å². The molecule has 0 radical (unpaired) electrons. The van der Waals surface area contributed by atoms with Gasteiger partial charge in [0.05, 0.1) is 12.7 Å². The van der Waals surface area contributed by atoms with Gasteiger partial charge in [0, 0.05) is 23.4 Å². The van der Waals surface area contributed by atoms with Crippen LogP contribution in [0, 0.1) is 17.8 Å². The van der Waals surface area contributed by atoms with Crippen molar-refractivity contribution in [2.45, 2.75) is 45.6 Å². The largest absolute Gasteiger partial charge is 0.493 e. The summed E-state index contributed by atoms with van der Waals surface area (Å²) in [5, 5.41) is 10.5. The predicted octanol–water partition coefficient (Wildman–Crippen LogP) is 4.55. The first kappa shape index (κ1) is 18.7. The van der Waals surface area contributed by atoms with Crippen LogP contribution in [0.2, 0.25) is 0 Å². The zero-order valence-corrected chi connectivity index (χ0v) is 15.6. The highest BCUT2D eigenvalue weighted by molar-refractivity contribution is 5.77. The molecular formula is C22H28O4. The fourth-order valence-electron chi connectivity index (χ4n) is 3.99. The van der Waals surface area contributed by atoms with Crippen LogP contribution in [-0.2, 0) is 0 Å². The van der Waals surface area contributed by atoms with Crippen molar-refractivity contribution in [2.75, 3.05) is 6.61 Å². The van der Waals surface area contributed by atoms with Crippen molar-refractivity contribution in [3.63, 3.8) is 0 Å². The monoisotopic (exact) mass is 356 g/mol. The van der Waals surface area contributed by atoms with Gasteiger partial charge in [-0.3, -0.25) is 0 Å². The predicted molar refractivity (Wildman–Crippen MR) is 103 cm³/mol. The van der Waals surface area contributed by atoms with Gasteiger partial charge in [0.25, 0.3) is 0 Å². The Kier molecular flexibility index (Phi) is 5.82. The topological polar surface area (TPSA) is 59.7 Å². The first-order valence-corrected chi connectivity index (χ1v) is 9.46. The summed E-state index contributed by atoms with van der Waals surface area (Å²) in [6.07, 6.45) is 3.70. The van der Waals surface area contributed by atoms with Gasteiger partial charge in [0.15, 0.2) is 0 Å². The molecule has 3 rings (SSSR count). The molecule has 1 aliphatic carbocycles. The average molecular weight is 356 g/mol. The number of fused-ring (bicyclic) bond motifs is 1. The molecule has 1 fully saturated rings. The van der Waals surface area contributed by atoms with Gasteiger partial charge < -0.3 is 14.3 Å². The van der Waals surface area contributed by atoms with E-state index in [1.807, 2.05) is 19.1 Å². The second kappa shape index (κ2) is 8.09. The Morgan fingerprint density at radius 1 is 1.35 bits per heavy atom. The van der Waals surface area contributed by atoms with Crippen molar-refractivity contribution < 1.29 is 14.3 Å². The van der Waals surface area contributed by atoms with Gasteiger partial charge in [0.1, 0.15) is 11.3 Å². The highest BCUT2D eigenvalue weighted by Gasteiger charge is 2.33. The maximum Gasteiger partial charge on any atom is 0.336 e. The molecule has 0 saturated heterocycles. The Bertz CT molecular complexity index is 820. The van der Waals surface area contributed by atoms with Gasteiger partial charge in [-0.15, -0.1) is 0 Å². The number of hydrogen-bond donors (Lipinski definition) is 1. The fraction of sp³-hybridized carbons (Fsp3) is 0.500. The van der Waals surface area contributed by atoms with Crippen molar-refractivity contribution >= 4 is 11.0 Å². The van der Waals surface area contributed by atoms with Gasteiger partial charge in [-0.1, -0.05) is 19.1 Å². The molecule has 4 unspecified atom stereocenters. The summed E-state index contributed by atoms with van der Waals surface area (Å²) in [4.78, 5) is 11.4. The number of benzene rings is 1. The van der Waals surface area contributed by atoms with Crippen LogP contribution in [0.4, 0.5) is 0 Å². The lowest BCUT2D eigenvalue weighted by atomic mass is 9.69. The molecule has 0 spiro atoms. The second-order valence-corrected chi connectivity index (χ2v) is 7.64. The third kappa shape index (κ3) is 4.36. The molecule has 1 aromatic heterocycles. The third-order valence-corrected chi connectivity index (χ3v) is 5.63. The van der Waals surface area contributed by atoms with Crippen LogP contribution in [0.5, 0.6) is 5.75 Å². The minimum Gasteiger partial charge on any atom is -0.493 e. The first-order chi connectivity index (χ1) is 12.4. The lowest BCUT2D eigenvalue weighted by Gasteiger charge is -2.38. The summed E-state index contributed by atoms with van der Waals surface area (Å²) in [7, 11) is 0. The van der Waals surface area contributed by atoms with E-state index in [0.717, 1.165) is 31.1 Å². The number of aliphatic hydroxyl groups is 1. The highest BCUT2D eigenvalue weighted by Crippen LogP contribution is 2.40. The summed E-state index contributed by atoms with van der Waals surface area (Å²) in [6, 6.07) is 8.75. The normalized spacial score (nSPS) is 24.6. The molecule has 1 heterocycles. The van der Waals surface area contributed by atoms with E-state index in [4.69, 9.17) is 9.15 Å². The van der Waals surface area contributed by atoms with E-state index in [2.05, 4.69) is 13.5 Å². The summed E-state index contributed by atoms with van der Waals surface area (Å²) < 4.78 is 11.3. The molecule has 1 aliphatic rings. The van der Waals surface area contributed by atoms with E-state index in [1.54, 1.807) is 12.1 Å². The summed E-state index contributed by atoms with van der Waals surface area (Å²) in [5.41, 5.74) is 1.42. The van der Waals surface area contributed by atoms with Crippen LogP contribution in [0.1, 0.15) is 39.5 Å². The number of aliphatic hydroxyl groups excluding tert-OH is 1. The Balaban J connectivity index is 1.72. The third-order valence-electron chi connectivity index (χ3n) is 5.63.